The number of rotatable bonds is 9. The quantitative estimate of drug-likeness (QED) is 0.231. The van der Waals surface area contributed by atoms with Gasteiger partial charge in [0.05, 0.1) is 33.9 Å². The van der Waals surface area contributed by atoms with E-state index >= 15 is 0 Å². The van der Waals surface area contributed by atoms with Gasteiger partial charge >= 0.3 is 0 Å². The highest BCUT2D eigenvalue weighted by molar-refractivity contribution is 9.10. The van der Waals surface area contributed by atoms with Crippen LogP contribution in [0.5, 0.6) is 17.2 Å². The maximum atomic E-state index is 15.0. The van der Waals surface area contributed by atoms with Gasteiger partial charge in [0.25, 0.3) is 0 Å². The third kappa shape index (κ3) is 6.77. The number of fused-ring (bicyclic) bond motifs is 1. The molecule has 1 aromatic heterocycles. The summed E-state index contributed by atoms with van der Waals surface area (Å²) in [6.07, 6.45) is 3.49. The van der Waals surface area contributed by atoms with Gasteiger partial charge in [-0.2, -0.15) is 4.98 Å². The van der Waals surface area contributed by atoms with Crippen molar-refractivity contribution in [1.29, 1.82) is 0 Å². The van der Waals surface area contributed by atoms with Gasteiger partial charge in [-0.15, -0.1) is 0 Å². The molecule has 0 spiro atoms. The van der Waals surface area contributed by atoms with E-state index in [-0.39, 0.29) is 13.1 Å². The first-order valence-electron chi connectivity index (χ1n) is 15.8. The molecule has 254 valence electrons. The second-order valence-corrected chi connectivity index (χ2v) is 17.5. The van der Waals surface area contributed by atoms with Crippen LogP contribution in [0, 0.1) is 6.92 Å². The van der Waals surface area contributed by atoms with Crippen molar-refractivity contribution in [2.24, 2.45) is 0 Å². The average Bonchev–Trinajstić information content (AvgIpc) is 3.00. The van der Waals surface area contributed by atoms with Crippen LogP contribution in [0.2, 0.25) is 0 Å². The number of methoxy groups -OCH3 is 1. The highest BCUT2D eigenvalue weighted by Crippen LogP contribution is 2.47. The molecule has 3 N–H and O–H groups in total. The summed E-state index contributed by atoms with van der Waals surface area (Å²) >= 11 is 3.55. The first-order valence-corrected chi connectivity index (χ1v) is 19.2. The summed E-state index contributed by atoms with van der Waals surface area (Å²) in [7, 11) is -1.14. The molecule has 2 fully saturated rings. The van der Waals surface area contributed by atoms with Gasteiger partial charge in [-0.1, -0.05) is 0 Å². The predicted octanol–water partition coefficient (Wildman–Crippen LogP) is 5.83. The minimum Gasteiger partial charge on any atom is -0.494 e. The molecular formula is C33H43BrFN6O5P. The van der Waals surface area contributed by atoms with E-state index in [9.17, 15) is 14.1 Å². The Balaban J connectivity index is 1.17. The summed E-state index contributed by atoms with van der Waals surface area (Å²) in [6, 6.07) is 7.99. The molecule has 2 saturated heterocycles. The lowest BCUT2D eigenvalue weighted by Crippen LogP contribution is -2.71. The molecule has 3 aliphatic rings. The van der Waals surface area contributed by atoms with Crippen LogP contribution in [0.4, 0.5) is 33.2 Å². The summed E-state index contributed by atoms with van der Waals surface area (Å²) in [4.78, 5) is 13.7. The summed E-state index contributed by atoms with van der Waals surface area (Å²) < 4.78 is 46.4. The van der Waals surface area contributed by atoms with Crippen molar-refractivity contribution >= 4 is 57.2 Å². The molecule has 11 nitrogen and oxygen atoms in total. The lowest BCUT2D eigenvalue weighted by Gasteiger charge is -2.54. The van der Waals surface area contributed by atoms with Gasteiger partial charge in [0.1, 0.15) is 31.9 Å². The van der Waals surface area contributed by atoms with E-state index in [1.54, 1.807) is 46.6 Å². The zero-order valence-corrected chi connectivity index (χ0v) is 30.2. The third-order valence-corrected chi connectivity index (χ3v) is 11.4. The van der Waals surface area contributed by atoms with Crippen LogP contribution < -0.4 is 35.0 Å². The number of likely N-dealkylation sites (tertiary alicyclic amines) is 1. The van der Waals surface area contributed by atoms with E-state index in [0.717, 1.165) is 42.9 Å². The molecule has 3 aromatic rings. The van der Waals surface area contributed by atoms with Gasteiger partial charge in [0, 0.05) is 50.2 Å². The number of piperidine rings is 1. The number of halogens is 2. The maximum Gasteiger partial charge on any atom is 0.229 e. The Morgan fingerprint density at radius 1 is 1.13 bits per heavy atom. The normalized spacial score (nSPS) is 18.4. The first-order chi connectivity index (χ1) is 22.2. The van der Waals surface area contributed by atoms with Crippen LogP contribution in [0.3, 0.4) is 0 Å². The summed E-state index contributed by atoms with van der Waals surface area (Å²) in [5, 5.41) is 17.4. The van der Waals surface area contributed by atoms with E-state index in [2.05, 4.69) is 48.3 Å². The highest BCUT2D eigenvalue weighted by atomic mass is 79.9. The largest absolute Gasteiger partial charge is 0.494 e. The molecule has 0 unspecified atom stereocenters. The molecule has 0 amide bonds. The van der Waals surface area contributed by atoms with Crippen LogP contribution in [0.1, 0.15) is 32.3 Å². The Kier molecular flexibility index (Phi) is 9.14. The molecular weight excluding hydrogens is 690 g/mol. The summed E-state index contributed by atoms with van der Waals surface area (Å²) in [6.45, 7) is 11.6. The Bertz CT molecular complexity index is 1700. The van der Waals surface area contributed by atoms with Crippen molar-refractivity contribution < 1.29 is 28.3 Å². The number of aromatic nitrogens is 2. The Morgan fingerprint density at radius 2 is 1.83 bits per heavy atom. The number of aryl methyl sites for hydroxylation is 1. The average molecular weight is 734 g/mol. The van der Waals surface area contributed by atoms with Gasteiger partial charge in [0.2, 0.25) is 5.95 Å². The van der Waals surface area contributed by atoms with E-state index < -0.39 is 18.4 Å². The Hall–Kier alpha value is -3.12. The minimum absolute atomic E-state index is 0.277. The standard InChI is InChI=1S/C33H43BrFN6O5P/c1-20-15-24(27(44-4)16-25(20)40-11-9-21(10-12-40)41-18-33(35,19-41)32(2,3)42)38-31-36-17-22(34)30(39-31)37-23-7-8-26-28(46-14-13-45-26)29(23)47(5,6)43/h7-8,15-17,21,42H,9-14,18-19H2,1-6H3,(H2,36,37,38,39). The second kappa shape index (κ2) is 12.7. The van der Waals surface area contributed by atoms with Crippen LogP contribution in [-0.4, -0.2) is 97.1 Å². The van der Waals surface area contributed by atoms with Crippen molar-refractivity contribution in [1.82, 2.24) is 14.9 Å². The highest BCUT2D eigenvalue weighted by Gasteiger charge is 2.55. The van der Waals surface area contributed by atoms with E-state index in [1.165, 1.54) is 0 Å². The fourth-order valence-corrected chi connectivity index (χ4v) is 8.16. The van der Waals surface area contributed by atoms with Gasteiger partial charge in [-0.05, 0) is 86.6 Å². The molecule has 4 heterocycles. The minimum atomic E-state index is -2.78. The molecule has 6 rings (SSSR count). The monoisotopic (exact) mass is 732 g/mol. The molecule has 47 heavy (non-hydrogen) atoms. The number of anilines is 5. The first kappa shape index (κ1) is 33.8. The summed E-state index contributed by atoms with van der Waals surface area (Å²) in [5.74, 6) is 2.55. The molecule has 0 saturated carbocycles. The number of nitrogens with zero attached hydrogens (tertiary/aromatic N) is 4. The molecule has 3 aliphatic heterocycles. The third-order valence-electron chi connectivity index (χ3n) is 9.31. The molecule has 0 atom stereocenters. The lowest BCUT2D eigenvalue weighted by atomic mass is 9.79. The molecule has 0 aliphatic carbocycles. The number of benzene rings is 2. The van der Waals surface area contributed by atoms with Crippen molar-refractivity contribution in [3.8, 4) is 17.2 Å². The smallest absolute Gasteiger partial charge is 0.229 e. The van der Waals surface area contributed by atoms with E-state index in [4.69, 9.17) is 19.2 Å². The fraction of sp³-hybridized carbons (Fsp3) is 0.515. The molecule has 0 bridgehead atoms. The Labute approximate surface area is 283 Å². The topological polar surface area (TPSA) is 121 Å². The van der Waals surface area contributed by atoms with Crippen molar-refractivity contribution in [3.05, 3.63) is 40.5 Å². The summed E-state index contributed by atoms with van der Waals surface area (Å²) in [5.41, 5.74) is 0.604. The van der Waals surface area contributed by atoms with E-state index in [1.807, 2.05) is 18.2 Å². The van der Waals surface area contributed by atoms with Crippen LogP contribution in [0.15, 0.2) is 34.9 Å². The maximum absolute atomic E-state index is 15.0. The molecule has 14 heteroatoms. The number of nitrogens with one attached hydrogen (secondary N) is 2. The number of alkyl halides is 1. The second-order valence-electron chi connectivity index (χ2n) is 13.5. The van der Waals surface area contributed by atoms with Gasteiger partial charge in [-0.25, -0.2) is 9.37 Å². The van der Waals surface area contributed by atoms with Gasteiger partial charge in [-0.3, -0.25) is 4.90 Å². The predicted molar refractivity (Wildman–Crippen MR) is 187 cm³/mol. The fourth-order valence-electron chi connectivity index (χ4n) is 6.50. The van der Waals surface area contributed by atoms with Crippen LogP contribution in [-0.2, 0) is 4.57 Å². The number of hydrogen-bond acceptors (Lipinski definition) is 11. The van der Waals surface area contributed by atoms with Gasteiger partial charge in [0.15, 0.2) is 17.2 Å². The lowest BCUT2D eigenvalue weighted by molar-refractivity contribution is -0.170. The number of ether oxygens (including phenoxy) is 3. The SMILES string of the molecule is COc1cc(N2CCC(N3CC(F)(C(C)(C)O)C3)CC2)c(C)cc1Nc1ncc(Br)c(Nc2ccc3c(c2P(C)(C)=O)OCCO3)n1. The zero-order chi connectivity index (χ0) is 33.7. The molecule has 0 radical (unpaired) electrons. The number of aliphatic hydroxyl groups is 1. The van der Waals surface area contributed by atoms with E-state index in [0.29, 0.717) is 63.7 Å². The number of hydrogen-bond donors (Lipinski definition) is 3. The van der Waals surface area contributed by atoms with Gasteiger partial charge < -0.3 is 39.4 Å². The Morgan fingerprint density at radius 3 is 2.49 bits per heavy atom. The van der Waals surface area contributed by atoms with Crippen molar-refractivity contribution in [2.45, 2.75) is 50.9 Å². The van der Waals surface area contributed by atoms with Crippen molar-refractivity contribution in [2.75, 3.05) is 75.4 Å². The molecule has 2 aromatic carbocycles. The zero-order valence-electron chi connectivity index (χ0n) is 27.7. The van der Waals surface area contributed by atoms with Crippen molar-refractivity contribution in [3.63, 3.8) is 0 Å². The van der Waals surface area contributed by atoms with Crippen LogP contribution >= 0.6 is 23.1 Å². The van der Waals surface area contributed by atoms with Crippen LogP contribution in [0.25, 0.3) is 0 Å².